The molecule has 2 heterocycles. The fourth-order valence-electron chi connectivity index (χ4n) is 4.60. The lowest BCUT2D eigenvalue weighted by Crippen LogP contribution is -2.64. The Bertz CT molecular complexity index is 1280. The number of hydrazine groups is 1. The number of amides is 5. The monoisotopic (exact) mass is 635 g/mol. The Morgan fingerprint density at radius 1 is 1.16 bits per heavy atom. The molecule has 5 amide bonds. The maximum atomic E-state index is 13.6. The molecule has 2 aliphatic rings. The number of rotatable bonds is 16. The van der Waals surface area contributed by atoms with E-state index in [9.17, 15) is 44.2 Å². The summed E-state index contributed by atoms with van der Waals surface area (Å²) in [5.41, 5.74) is 3.09. The number of aliphatic hydroxyl groups excluding tert-OH is 1. The smallest absolute Gasteiger partial charge is 0.305 e. The van der Waals surface area contributed by atoms with Crippen molar-refractivity contribution in [3.05, 3.63) is 29.8 Å². The second-order valence-electron chi connectivity index (χ2n) is 10.2. The van der Waals surface area contributed by atoms with E-state index in [-0.39, 0.29) is 69.0 Å². The van der Waals surface area contributed by atoms with Gasteiger partial charge in [0.1, 0.15) is 30.5 Å². The number of aliphatic imine (C=N–C) groups is 1. The van der Waals surface area contributed by atoms with Crippen LogP contribution in [0.4, 0.5) is 0 Å². The molecule has 1 aromatic rings. The van der Waals surface area contributed by atoms with Gasteiger partial charge in [0, 0.05) is 19.6 Å². The number of para-hydroxylation sites is 1. The van der Waals surface area contributed by atoms with Gasteiger partial charge < -0.3 is 36.0 Å². The van der Waals surface area contributed by atoms with Gasteiger partial charge in [-0.2, -0.15) is 0 Å². The average Bonchev–Trinajstić information content (AvgIpc) is 3.52. The number of aromatic hydroxyl groups is 1. The van der Waals surface area contributed by atoms with Crippen molar-refractivity contribution in [3.8, 4) is 5.75 Å². The summed E-state index contributed by atoms with van der Waals surface area (Å²) in [5.74, 6) is -4.27. The van der Waals surface area contributed by atoms with Crippen LogP contribution in [0.1, 0.15) is 37.7 Å². The summed E-state index contributed by atoms with van der Waals surface area (Å²) in [4.78, 5) is 78.3. The molecule has 0 spiro atoms. The molecule has 0 bridgehead atoms. The van der Waals surface area contributed by atoms with Gasteiger partial charge in [-0.25, -0.2) is 15.5 Å². The zero-order valence-corrected chi connectivity index (χ0v) is 24.3. The van der Waals surface area contributed by atoms with E-state index < -0.39 is 60.4 Å². The molecule has 246 valence electrons. The first-order valence-electron chi connectivity index (χ1n) is 14.2. The number of phenols is 1. The van der Waals surface area contributed by atoms with E-state index in [1.54, 1.807) is 18.2 Å². The Balaban J connectivity index is 1.70. The van der Waals surface area contributed by atoms with E-state index >= 15 is 0 Å². The van der Waals surface area contributed by atoms with Crippen molar-refractivity contribution in [3.63, 3.8) is 0 Å². The number of carboxylic acids is 1. The zero-order valence-electron chi connectivity index (χ0n) is 24.3. The molecule has 0 aromatic heterocycles. The summed E-state index contributed by atoms with van der Waals surface area (Å²) in [7, 11) is 0. The first kappa shape index (κ1) is 34.7. The van der Waals surface area contributed by atoms with Gasteiger partial charge in [0.2, 0.25) is 30.0 Å². The van der Waals surface area contributed by atoms with Gasteiger partial charge in [0.15, 0.2) is 6.04 Å². The minimum Gasteiger partial charge on any atom is -0.507 e. The standard InChI is InChI=1S/C27H37N7O11/c35-13-18(31-24(41)19-14-45-26(32-19)16-5-1-2-8-21(16)37)23(40)30-17(6-4-12-33(44)15-36)27(43)34-20(7-3-10-29-34)25(42)28-11-9-22(38)39/h1-2,5,8,15,17-20,29,35,37,44H,3-4,6-7,9-14H2,(H,28,42)(H,30,40)(H,31,41)(H,38,39). The predicted molar refractivity (Wildman–Crippen MR) is 152 cm³/mol. The molecule has 1 fully saturated rings. The molecule has 0 saturated carbocycles. The number of ether oxygens (including phenoxy) is 1. The third-order valence-electron chi connectivity index (χ3n) is 6.95. The van der Waals surface area contributed by atoms with Crippen LogP contribution in [0.25, 0.3) is 0 Å². The first-order chi connectivity index (χ1) is 21.5. The van der Waals surface area contributed by atoms with Crippen LogP contribution >= 0.6 is 0 Å². The number of hydrogen-bond acceptors (Lipinski definition) is 12. The van der Waals surface area contributed by atoms with Gasteiger partial charge in [-0.3, -0.25) is 39.0 Å². The molecular formula is C27H37N7O11. The predicted octanol–water partition coefficient (Wildman–Crippen LogP) is -2.79. The number of hydrogen-bond donors (Lipinski definition) is 8. The molecule has 18 nitrogen and oxygen atoms in total. The van der Waals surface area contributed by atoms with Crippen LogP contribution in [-0.2, 0) is 33.5 Å². The molecule has 4 atom stereocenters. The van der Waals surface area contributed by atoms with E-state index in [0.717, 1.165) is 5.01 Å². The number of carbonyl (C=O) groups is 6. The molecule has 3 rings (SSSR count). The summed E-state index contributed by atoms with van der Waals surface area (Å²) in [6.07, 6.45) is 0.530. The van der Waals surface area contributed by atoms with Crippen LogP contribution in [0, 0.1) is 0 Å². The van der Waals surface area contributed by atoms with Crippen LogP contribution < -0.4 is 21.4 Å². The Morgan fingerprint density at radius 3 is 2.60 bits per heavy atom. The fourth-order valence-corrected chi connectivity index (χ4v) is 4.60. The highest BCUT2D eigenvalue weighted by atomic mass is 16.5. The molecule has 1 aromatic carbocycles. The van der Waals surface area contributed by atoms with Crippen LogP contribution in [0.3, 0.4) is 0 Å². The normalized spacial score (nSPS) is 18.9. The SMILES string of the molecule is O=CN(O)CCCC(NC(=O)C(CO)NC(=O)C1COC(c2ccccc2O)=N1)C(=O)N1NCCCC1C(=O)NCCC(=O)O. The van der Waals surface area contributed by atoms with Crippen LogP contribution in [0.15, 0.2) is 29.3 Å². The summed E-state index contributed by atoms with van der Waals surface area (Å²) in [6, 6.07) is 1.22. The molecular weight excluding hydrogens is 598 g/mol. The van der Waals surface area contributed by atoms with Gasteiger partial charge >= 0.3 is 5.97 Å². The van der Waals surface area contributed by atoms with E-state index in [2.05, 4.69) is 26.4 Å². The van der Waals surface area contributed by atoms with Crippen LogP contribution in [0.2, 0.25) is 0 Å². The van der Waals surface area contributed by atoms with Gasteiger partial charge in [-0.15, -0.1) is 0 Å². The van der Waals surface area contributed by atoms with Crippen molar-refractivity contribution < 1.29 is 54.0 Å². The number of phenolic OH excluding ortho intramolecular Hbond substituents is 1. The van der Waals surface area contributed by atoms with Crippen molar-refractivity contribution >= 4 is 41.9 Å². The zero-order chi connectivity index (χ0) is 32.9. The summed E-state index contributed by atoms with van der Waals surface area (Å²) >= 11 is 0. The maximum Gasteiger partial charge on any atom is 0.305 e. The molecule has 2 aliphatic heterocycles. The number of aliphatic hydroxyl groups is 1. The van der Waals surface area contributed by atoms with Gasteiger partial charge in [0.25, 0.3) is 5.91 Å². The van der Waals surface area contributed by atoms with E-state index in [4.69, 9.17) is 9.84 Å². The van der Waals surface area contributed by atoms with E-state index in [1.165, 1.54) is 6.07 Å². The Morgan fingerprint density at radius 2 is 1.91 bits per heavy atom. The first-order valence-corrected chi connectivity index (χ1v) is 14.2. The maximum absolute atomic E-state index is 13.6. The van der Waals surface area contributed by atoms with Gasteiger partial charge in [-0.05, 0) is 37.8 Å². The molecule has 0 aliphatic carbocycles. The van der Waals surface area contributed by atoms with E-state index in [0.29, 0.717) is 18.0 Å². The highest BCUT2D eigenvalue weighted by molar-refractivity contribution is 6.01. The lowest BCUT2D eigenvalue weighted by Gasteiger charge is -2.37. The Hall–Kier alpha value is -4.81. The summed E-state index contributed by atoms with van der Waals surface area (Å²) in [6.45, 7) is -1.07. The largest absolute Gasteiger partial charge is 0.507 e. The van der Waals surface area contributed by atoms with Crippen molar-refractivity contribution in [1.29, 1.82) is 0 Å². The number of carboxylic acid groups (broad SMARTS) is 1. The Labute approximate surface area is 257 Å². The van der Waals surface area contributed by atoms with Crippen LogP contribution in [0.5, 0.6) is 5.75 Å². The molecule has 8 N–H and O–H groups in total. The quantitative estimate of drug-likeness (QED) is 0.0521. The minimum atomic E-state index is -1.52. The molecule has 1 saturated heterocycles. The lowest BCUT2D eigenvalue weighted by atomic mass is 10.0. The second kappa shape index (κ2) is 16.9. The Kier molecular flexibility index (Phi) is 13.0. The number of carbonyl (C=O) groups excluding carboxylic acids is 5. The molecule has 18 heteroatoms. The highest BCUT2D eigenvalue weighted by Crippen LogP contribution is 2.21. The van der Waals surface area contributed by atoms with Crippen molar-refractivity contribution in [2.45, 2.75) is 56.3 Å². The minimum absolute atomic E-state index is 0.0211. The number of nitrogens with zero attached hydrogens (tertiary/aromatic N) is 3. The van der Waals surface area contributed by atoms with Gasteiger partial charge in [0.05, 0.1) is 18.6 Å². The summed E-state index contributed by atoms with van der Waals surface area (Å²) in [5, 5.41) is 47.0. The lowest BCUT2D eigenvalue weighted by molar-refractivity contribution is -0.151. The van der Waals surface area contributed by atoms with Crippen molar-refractivity contribution in [2.75, 3.05) is 32.8 Å². The fraction of sp³-hybridized carbons (Fsp3) is 0.519. The second-order valence-corrected chi connectivity index (χ2v) is 10.2. The third-order valence-corrected chi connectivity index (χ3v) is 6.95. The number of benzene rings is 1. The molecule has 45 heavy (non-hydrogen) atoms. The molecule has 4 unspecified atom stereocenters. The van der Waals surface area contributed by atoms with Crippen LogP contribution in [-0.4, -0.2) is 130 Å². The topological polar surface area (TPSA) is 260 Å². The molecule has 0 radical (unpaired) electrons. The van der Waals surface area contributed by atoms with E-state index in [1.807, 2.05) is 0 Å². The highest BCUT2D eigenvalue weighted by Gasteiger charge is 2.38. The third kappa shape index (κ3) is 9.85. The summed E-state index contributed by atoms with van der Waals surface area (Å²) < 4.78 is 5.43. The number of nitrogens with one attached hydrogen (secondary N) is 4. The number of aliphatic carboxylic acids is 1. The van der Waals surface area contributed by atoms with Gasteiger partial charge in [-0.1, -0.05) is 12.1 Å². The number of hydroxylamine groups is 2. The van der Waals surface area contributed by atoms with Crippen molar-refractivity contribution in [2.24, 2.45) is 4.99 Å². The van der Waals surface area contributed by atoms with Crippen molar-refractivity contribution in [1.82, 2.24) is 31.4 Å². The average molecular weight is 636 g/mol.